The molecule has 0 saturated heterocycles. The molecule has 0 aliphatic carbocycles. The fourth-order valence-electron chi connectivity index (χ4n) is 1.33. The molecular weight excluding hydrogens is 295 g/mol. The van der Waals surface area contributed by atoms with Gasteiger partial charge >= 0.3 is 0 Å². The zero-order chi connectivity index (χ0) is 13.6. The van der Waals surface area contributed by atoms with E-state index in [-0.39, 0.29) is 5.91 Å². The summed E-state index contributed by atoms with van der Waals surface area (Å²) in [7, 11) is 0. The van der Waals surface area contributed by atoms with Crippen molar-refractivity contribution in [3.63, 3.8) is 0 Å². The summed E-state index contributed by atoms with van der Waals surface area (Å²) >= 11 is 17.5. The summed E-state index contributed by atoms with van der Waals surface area (Å²) in [5.41, 5.74) is 1.04. The molecular formula is C12H15Cl3N2O. The van der Waals surface area contributed by atoms with Gasteiger partial charge in [-0.25, -0.2) is 0 Å². The summed E-state index contributed by atoms with van der Waals surface area (Å²) in [6, 6.07) is 9.67. The molecule has 18 heavy (non-hydrogen) atoms. The summed E-state index contributed by atoms with van der Waals surface area (Å²) in [6.45, 7) is 2.24. The number of amides is 1. The smallest absolute Gasteiger partial charge is 0.223 e. The van der Waals surface area contributed by atoms with E-state index in [0.717, 1.165) is 5.56 Å². The van der Waals surface area contributed by atoms with Crippen LogP contribution in [0.2, 0.25) is 0 Å². The first-order chi connectivity index (χ1) is 8.43. The Bertz CT molecular complexity index is 379. The fraction of sp³-hybridized carbons (Fsp3) is 0.417. The second-order valence-electron chi connectivity index (χ2n) is 3.76. The molecule has 0 heterocycles. The van der Waals surface area contributed by atoms with Crippen molar-refractivity contribution in [1.82, 2.24) is 10.6 Å². The van der Waals surface area contributed by atoms with Crippen LogP contribution < -0.4 is 10.6 Å². The van der Waals surface area contributed by atoms with E-state index < -0.39 is 9.96 Å². The summed E-state index contributed by atoms with van der Waals surface area (Å²) in [5.74, 6) is -0.174. The highest BCUT2D eigenvalue weighted by atomic mass is 35.6. The molecule has 0 spiro atoms. The third-order valence-corrected chi connectivity index (χ3v) is 2.96. The molecule has 0 aromatic heterocycles. The van der Waals surface area contributed by atoms with Gasteiger partial charge < -0.3 is 5.32 Å². The van der Waals surface area contributed by atoms with Gasteiger partial charge in [0.2, 0.25) is 9.70 Å². The predicted octanol–water partition coefficient (Wildman–Crippen LogP) is 3.00. The number of carbonyl (C=O) groups is 1. The van der Waals surface area contributed by atoms with Crippen molar-refractivity contribution >= 4 is 40.7 Å². The minimum absolute atomic E-state index is 0.174. The third-order valence-electron chi connectivity index (χ3n) is 2.31. The SMILES string of the molecule is CCC(=O)N[C@@H](NCc1ccccc1)C(Cl)(Cl)Cl. The van der Waals surface area contributed by atoms with Crippen LogP contribution in [0.15, 0.2) is 30.3 Å². The maximum Gasteiger partial charge on any atom is 0.223 e. The van der Waals surface area contributed by atoms with Crippen LogP contribution in [0.25, 0.3) is 0 Å². The van der Waals surface area contributed by atoms with Crippen LogP contribution in [-0.4, -0.2) is 15.9 Å². The highest BCUT2D eigenvalue weighted by molar-refractivity contribution is 6.68. The van der Waals surface area contributed by atoms with Crippen LogP contribution in [0.5, 0.6) is 0 Å². The number of rotatable bonds is 5. The van der Waals surface area contributed by atoms with Gasteiger partial charge in [0, 0.05) is 13.0 Å². The first kappa shape index (κ1) is 15.6. The third kappa shape index (κ3) is 5.44. The molecule has 1 rings (SSSR count). The summed E-state index contributed by atoms with van der Waals surface area (Å²) in [5, 5.41) is 5.64. The van der Waals surface area contributed by atoms with E-state index in [1.807, 2.05) is 30.3 Å². The topological polar surface area (TPSA) is 41.1 Å². The molecule has 2 N–H and O–H groups in total. The minimum Gasteiger partial charge on any atom is -0.337 e. The molecule has 1 amide bonds. The largest absolute Gasteiger partial charge is 0.337 e. The first-order valence-electron chi connectivity index (χ1n) is 5.57. The van der Waals surface area contributed by atoms with Gasteiger partial charge in [0.25, 0.3) is 0 Å². The number of hydrogen-bond donors (Lipinski definition) is 2. The van der Waals surface area contributed by atoms with Gasteiger partial charge in [-0.05, 0) is 5.56 Å². The quantitative estimate of drug-likeness (QED) is 0.648. The van der Waals surface area contributed by atoms with Gasteiger partial charge in [0.15, 0.2) is 0 Å². The zero-order valence-electron chi connectivity index (χ0n) is 9.92. The maximum atomic E-state index is 11.4. The molecule has 1 aromatic carbocycles. The van der Waals surface area contributed by atoms with E-state index in [9.17, 15) is 4.79 Å². The molecule has 0 unspecified atom stereocenters. The lowest BCUT2D eigenvalue weighted by Gasteiger charge is -2.26. The van der Waals surface area contributed by atoms with Crippen molar-refractivity contribution in [3.8, 4) is 0 Å². The standard InChI is InChI=1S/C12H15Cl3N2O/c1-2-10(18)17-11(12(13,14)15)16-8-9-6-4-3-5-7-9/h3-7,11,16H,2,8H2,1H3,(H,17,18)/t11-/m1/s1. The highest BCUT2D eigenvalue weighted by Gasteiger charge is 2.33. The van der Waals surface area contributed by atoms with Gasteiger partial charge in [-0.3, -0.25) is 10.1 Å². The van der Waals surface area contributed by atoms with Crippen LogP contribution in [0.1, 0.15) is 18.9 Å². The zero-order valence-corrected chi connectivity index (χ0v) is 12.2. The summed E-state index contributed by atoms with van der Waals surface area (Å²) in [6.07, 6.45) is -0.389. The Hall–Kier alpha value is -0.480. The highest BCUT2D eigenvalue weighted by Crippen LogP contribution is 2.29. The number of nitrogens with one attached hydrogen (secondary N) is 2. The van der Waals surface area contributed by atoms with Crippen molar-refractivity contribution in [2.24, 2.45) is 0 Å². The monoisotopic (exact) mass is 308 g/mol. The van der Waals surface area contributed by atoms with Crippen molar-refractivity contribution < 1.29 is 4.79 Å². The van der Waals surface area contributed by atoms with Crippen molar-refractivity contribution in [2.45, 2.75) is 29.8 Å². The lowest BCUT2D eigenvalue weighted by Crippen LogP contribution is -2.52. The van der Waals surface area contributed by atoms with E-state index in [2.05, 4.69) is 10.6 Å². The Morgan fingerprint density at radius 1 is 1.28 bits per heavy atom. The maximum absolute atomic E-state index is 11.4. The molecule has 0 aliphatic heterocycles. The number of halogens is 3. The Labute approximate surface area is 122 Å². The van der Waals surface area contributed by atoms with E-state index >= 15 is 0 Å². The molecule has 0 bridgehead atoms. The lowest BCUT2D eigenvalue weighted by atomic mass is 10.2. The number of benzene rings is 1. The normalized spacial score (nSPS) is 13.1. The Morgan fingerprint density at radius 3 is 2.39 bits per heavy atom. The van der Waals surface area contributed by atoms with E-state index in [1.54, 1.807) is 6.92 Å². The predicted molar refractivity (Wildman–Crippen MR) is 75.8 cm³/mol. The van der Waals surface area contributed by atoms with Crippen molar-refractivity contribution in [2.75, 3.05) is 0 Å². The van der Waals surface area contributed by atoms with Gasteiger partial charge in [0.05, 0.1) is 0 Å². The number of alkyl halides is 3. The van der Waals surface area contributed by atoms with Crippen LogP contribution in [-0.2, 0) is 11.3 Å². The van der Waals surface area contributed by atoms with Crippen LogP contribution in [0.4, 0.5) is 0 Å². The van der Waals surface area contributed by atoms with Gasteiger partial charge in [-0.2, -0.15) is 0 Å². The summed E-state index contributed by atoms with van der Waals surface area (Å²) < 4.78 is -1.60. The summed E-state index contributed by atoms with van der Waals surface area (Å²) in [4.78, 5) is 11.4. The molecule has 1 aromatic rings. The van der Waals surface area contributed by atoms with Crippen molar-refractivity contribution in [3.05, 3.63) is 35.9 Å². The first-order valence-corrected chi connectivity index (χ1v) is 6.70. The molecule has 0 aliphatic rings. The van der Waals surface area contributed by atoms with E-state index in [0.29, 0.717) is 13.0 Å². The van der Waals surface area contributed by atoms with Crippen LogP contribution >= 0.6 is 34.8 Å². The second-order valence-corrected chi connectivity index (χ2v) is 6.13. The molecule has 0 fully saturated rings. The molecule has 1 atom stereocenters. The molecule has 3 nitrogen and oxygen atoms in total. The van der Waals surface area contributed by atoms with E-state index in [4.69, 9.17) is 34.8 Å². The van der Waals surface area contributed by atoms with Gasteiger partial charge in [0.1, 0.15) is 6.17 Å². The van der Waals surface area contributed by atoms with Gasteiger partial charge in [-0.1, -0.05) is 72.1 Å². The molecule has 0 saturated carbocycles. The fourth-order valence-corrected chi connectivity index (χ4v) is 1.72. The lowest BCUT2D eigenvalue weighted by molar-refractivity contribution is -0.121. The Balaban J connectivity index is 2.59. The van der Waals surface area contributed by atoms with E-state index in [1.165, 1.54) is 0 Å². The number of carbonyl (C=O) groups excluding carboxylic acids is 1. The molecule has 0 radical (unpaired) electrons. The van der Waals surface area contributed by atoms with Crippen molar-refractivity contribution in [1.29, 1.82) is 0 Å². The minimum atomic E-state index is -1.60. The Kier molecular flexibility index (Phi) is 6.22. The van der Waals surface area contributed by atoms with Crippen LogP contribution in [0, 0.1) is 0 Å². The average Bonchev–Trinajstić information content (AvgIpc) is 2.34. The van der Waals surface area contributed by atoms with Gasteiger partial charge in [-0.15, -0.1) is 0 Å². The van der Waals surface area contributed by atoms with Crippen LogP contribution in [0.3, 0.4) is 0 Å². The molecule has 6 heteroatoms. The second kappa shape index (κ2) is 7.19. The average molecular weight is 310 g/mol. The number of hydrogen-bond acceptors (Lipinski definition) is 2. The Morgan fingerprint density at radius 2 is 1.89 bits per heavy atom. The molecule has 100 valence electrons.